The summed E-state index contributed by atoms with van der Waals surface area (Å²) in [5, 5.41) is 9.47. The quantitative estimate of drug-likeness (QED) is 0.857. The number of piperazine rings is 1. The van der Waals surface area contributed by atoms with Crippen molar-refractivity contribution in [2.75, 3.05) is 31.1 Å². The molecule has 1 aromatic carbocycles. The number of nitrogens with zero attached hydrogens (tertiary/aromatic N) is 4. The van der Waals surface area contributed by atoms with Gasteiger partial charge in [0.25, 0.3) is 0 Å². The molecule has 0 saturated carbocycles. The Morgan fingerprint density at radius 3 is 2.74 bits per heavy atom. The topological polar surface area (TPSA) is 60.2 Å². The van der Waals surface area contributed by atoms with Crippen LogP contribution in [0.2, 0.25) is 5.02 Å². The molecule has 23 heavy (non-hydrogen) atoms. The van der Waals surface area contributed by atoms with Crippen LogP contribution < -0.4 is 4.90 Å². The van der Waals surface area contributed by atoms with E-state index in [1.54, 1.807) is 23.8 Å². The number of carbonyl (C=O) groups is 1. The van der Waals surface area contributed by atoms with Gasteiger partial charge in [0.05, 0.1) is 34.3 Å². The van der Waals surface area contributed by atoms with Gasteiger partial charge in [-0.25, -0.2) is 0 Å². The van der Waals surface area contributed by atoms with E-state index in [-0.39, 0.29) is 5.91 Å². The largest absolute Gasteiger partial charge is 0.367 e. The molecule has 3 rings (SSSR count). The van der Waals surface area contributed by atoms with Crippen molar-refractivity contribution in [2.24, 2.45) is 0 Å². The SMILES string of the molecule is N#Cc1ccc(N2CCN(C(=O)Cc3cncs3)CC2)c(Cl)c1. The van der Waals surface area contributed by atoms with Gasteiger partial charge < -0.3 is 9.80 Å². The first-order valence-electron chi connectivity index (χ1n) is 7.27. The van der Waals surface area contributed by atoms with Crippen LogP contribution in [0.4, 0.5) is 5.69 Å². The third-order valence-corrected chi connectivity index (χ3v) is 4.94. The van der Waals surface area contributed by atoms with Crippen molar-refractivity contribution in [3.05, 3.63) is 45.4 Å². The zero-order chi connectivity index (χ0) is 16.2. The second-order valence-electron chi connectivity index (χ2n) is 5.29. The van der Waals surface area contributed by atoms with Gasteiger partial charge >= 0.3 is 0 Å². The Labute approximate surface area is 143 Å². The number of hydrogen-bond acceptors (Lipinski definition) is 5. The highest BCUT2D eigenvalue weighted by molar-refractivity contribution is 7.09. The lowest BCUT2D eigenvalue weighted by atomic mass is 10.2. The van der Waals surface area contributed by atoms with E-state index in [1.807, 2.05) is 11.0 Å². The fourth-order valence-corrected chi connectivity index (χ4v) is 3.51. The van der Waals surface area contributed by atoms with E-state index >= 15 is 0 Å². The predicted octanol–water partition coefficient (Wildman–Crippen LogP) is 2.56. The van der Waals surface area contributed by atoms with Gasteiger partial charge in [0.2, 0.25) is 5.91 Å². The van der Waals surface area contributed by atoms with Gasteiger partial charge in [-0.2, -0.15) is 5.26 Å². The zero-order valence-electron chi connectivity index (χ0n) is 12.4. The van der Waals surface area contributed by atoms with Gasteiger partial charge in [0.15, 0.2) is 0 Å². The average Bonchev–Trinajstić information content (AvgIpc) is 3.08. The molecule has 0 aliphatic carbocycles. The van der Waals surface area contributed by atoms with E-state index in [4.69, 9.17) is 16.9 Å². The molecule has 1 aromatic heterocycles. The van der Waals surface area contributed by atoms with Crippen molar-refractivity contribution >= 4 is 34.5 Å². The Balaban J connectivity index is 1.60. The molecule has 0 radical (unpaired) electrons. The summed E-state index contributed by atoms with van der Waals surface area (Å²) < 4.78 is 0. The number of anilines is 1. The first kappa shape index (κ1) is 15.8. The summed E-state index contributed by atoms with van der Waals surface area (Å²) in [6, 6.07) is 7.40. The highest BCUT2D eigenvalue weighted by Gasteiger charge is 2.22. The molecule has 1 aliphatic rings. The van der Waals surface area contributed by atoms with Crippen LogP contribution in [0.15, 0.2) is 29.9 Å². The highest BCUT2D eigenvalue weighted by Crippen LogP contribution is 2.27. The lowest BCUT2D eigenvalue weighted by Gasteiger charge is -2.36. The molecule has 2 aromatic rings. The van der Waals surface area contributed by atoms with Crippen LogP contribution in [0.25, 0.3) is 0 Å². The van der Waals surface area contributed by atoms with E-state index < -0.39 is 0 Å². The number of halogens is 1. The third-order valence-electron chi connectivity index (χ3n) is 3.86. The summed E-state index contributed by atoms with van der Waals surface area (Å²) in [4.78, 5) is 21.3. The summed E-state index contributed by atoms with van der Waals surface area (Å²) >= 11 is 7.76. The zero-order valence-corrected chi connectivity index (χ0v) is 14.0. The number of aromatic nitrogens is 1. The number of amides is 1. The van der Waals surface area contributed by atoms with Crippen LogP contribution in [0.3, 0.4) is 0 Å². The van der Waals surface area contributed by atoms with E-state index in [0.717, 1.165) is 23.7 Å². The van der Waals surface area contributed by atoms with Gasteiger partial charge in [0.1, 0.15) is 0 Å². The molecule has 2 heterocycles. The Hall–Kier alpha value is -2.10. The minimum atomic E-state index is 0.139. The van der Waals surface area contributed by atoms with E-state index in [9.17, 15) is 4.79 Å². The number of carbonyl (C=O) groups excluding carboxylic acids is 1. The maximum atomic E-state index is 12.3. The molecule has 0 N–H and O–H groups in total. The molecule has 0 spiro atoms. The predicted molar refractivity (Wildman–Crippen MR) is 90.8 cm³/mol. The lowest BCUT2D eigenvalue weighted by molar-refractivity contribution is -0.130. The first-order chi connectivity index (χ1) is 11.2. The molecule has 0 unspecified atom stereocenters. The Bertz CT molecular complexity index is 733. The molecular weight excluding hydrogens is 332 g/mol. The van der Waals surface area contributed by atoms with Gasteiger partial charge in [-0.3, -0.25) is 9.78 Å². The van der Waals surface area contributed by atoms with E-state index in [2.05, 4.69) is 16.0 Å². The van der Waals surface area contributed by atoms with E-state index in [0.29, 0.717) is 30.1 Å². The first-order valence-corrected chi connectivity index (χ1v) is 8.53. The number of hydrogen-bond donors (Lipinski definition) is 0. The maximum absolute atomic E-state index is 12.3. The van der Waals surface area contributed by atoms with Crippen LogP contribution >= 0.6 is 22.9 Å². The molecule has 118 valence electrons. The molecule has 5 nitrogen and oxygen atoms in total. The fraction of sp³-hybridized carbons (Fsp3) is 0.312. The summed E-state index contributed by atoms with van der Waals surface area (Å²) in [7, 11) is 0. The van der Waals surface area contributed by atoms with Gasteiger partial charge in [-0.15, -0.1) is 11.3 Å². The number of thiazole rings is 1. The molecule has 0 atom stereocenters. The molecule has 1 amide bonds. The summed E-state index contributed by atoms with van der Waals surface area (Å²) in [5.41, 5.74) is 3.21. The molecular formula is C16H15ClN4OS. The second kappa shape index (κ2) is 6.99. The van der Waals surface area contributed by atoms with Crippen molar-refractivity contribution in [3.8, 4) is 6.07 Å². The van der Waals surface area contributed by atoms with Crippen LogP contribution in [0, 0.1) is 11.3 Å². The normalized spacial score (nSPS) is 14.6. The van der Waals surface area contributed by atoms with Crippen LogP contribution in [-0.2, 0) is 11.2 Å². The van der Waals surface area contributed by atoms with Crippen molar-refractivity contribution in [1.82, 2.24) is 9.88 Å². The van der Waals surface area contributed by atoms with Crippen molar-refractivity contribution in [3.63, 3.8) is 0 Å². The number of nitriles is 1. The summed E-state index contributed by atoms with van der Waals surface area (Å²) in [6.07, 6.45) is 2.16. The Kier molecular flexibility index (Phi) is 4.79. The monoisotopic (exact) mass is 346 g/mol. The smallest absolute Gasteiger partial charge is 0.228 e. The number of benzene rings is 1. The van der Waals surface area contributed by atoms with Crippen molar-refractivity contribution in [1.29, 1.82) is 5.26 Å². The molecule has 1 saturated heterocycles. The minimum Gasteiger partial charge on any atom is -0.367 e. The minimum absolute atomic E-state index is 0.139. The van der Waals surface area contributed by atoms with Crippen LogP contribution in [0.1, 0.15) is 10.4 Å². The lowest BCUT2D eigenvalue weighted by Crippen LogP contribution is -2.49. The van der Waals surface area contributed by atoms with E-state index in [1.165, 1.54) is 11.3 Å². The maximum Gasteiger partial charge on any atom is 0.228 e. The third kappa shape index (κ3) is 3.63. The molecule has 1 fully saturated rings. The molecule has 7 heteroatoms. The van der Waals surface area contributed by atoms with Gasteiger partial charge in [-0.1, -0.05) is 11.6 Å². The highest BCUT2D eigenvalue weighted by atomic mass is 35.5. The van der Waals surface area contributed by atoms with Crippen LogP contribution in [0.5, 0.6) is 0 Å². The van der Waals surface area contributed by atoms with Crippen LogP contribution in [-0.4, -0.2) is 42.0 Å². The molecule has 0 bridgehead atoms. The fourth-order valence-electron chi connectivity index (χ4n) is 2.62. The summed E-state index contributed by atoms with van der Waals surface area (Å²) in [6.45, 7) is 2.82. The Morgan fingerprint density at radius 2 is 2.13 bits per heavy atom. The molecule has 1 aliphatic heterocycles. The average molecular weight is 347 g/mol. The van der Waals surface area contributed by atoms with Crippen molar-refractivity contribution in [2.45, 2.75) is 6.42 Å². The second-order valence-corrected chi connectivity index (χ2v) is 6.67. The number of rotatable bonds is 3. The summed E-state index contributed by atoms with van der Waals surface area (Å²) in [5.74, 6) is 0.139. The standard InChI is InChI=1S/C16H15ClN4OS/c17-14-7-12(9-18)1-2-15(14)20-3-5-21(6-4-20)16(22)8-13-10-19-11-23-13/h1-2,7,10-11H,3-6,8H2. The Morgan fingerprint density at radius 1 is 1.35 bits per heavy atom. The van der Waals surface area contributed by atoms with Crippen molar-refractivity contribution < 1.29 is 4.79 Å². The van der Waals surface area contributed by atoms with Gasteiger partial charge in [0, 0.05) is 37.3 Å². The van der Waals surface area contributed by atoms with Gasteiger partial charge in [-0.05, 0) is 18.2 Å².